The van der Waals surface area contributed by atoms with Gasteiger partial charge in [-0.1, -0.05) is 6.42 Å². The largest absolute Gasteiger partial charge is 0.481 e. The molecule has 5 heteroatoms. The molecule has 5 nitrogen and oxygen atoms in total. The van der Waals surface area contributed by atoms with Crippen LogP contribution in [0.4, 0.5) is 0 Å². The van der Waals surface area contributed by atoms with E-state index in [9.17, 15) is 9.59 Å². The lowest BCUT2D eigenvalue weighted by atomic mass is 9.69. The van der Waals surface area contributed by atoms with Crippen molar-refractivity contribution in [3.8, 4) is 0 Å². The number of carbonyl (C=O) groups is 2. The van der Waals surface area contributed by atoms with Crippen LogP contribution < -0.4 is 11.1 Å². The predicted octanol–water partition coefficient (Wildman–Crippen LogP) is -0.295. The molecule has 0 bridgehead atoms. The van der Waals surface area contributed by atoms with Gasteiger partial charge in [0, 0.05) is 6.54 Å². The van der Waals surface area contributed by atoms with E-state index >= 15 is 0 Å². The second-order valence-corrected chi connectivity index (χ2v) is 3.95. The Labute approximate surface area is 82.7 Å². The maximum Gasteiger partial charge on any atom is 0.311 e. The van der Waals surface area contributed by atoms with Crippen LogP contribution in [-0.2, 0) is 9.59 Å². The molecule has 1 fully saturated rings. The Morgan fingerprint density at radius 3 is 2.43 bits per heavy atom. The number of nitrogens with one attached hydrogen (secondary N) is 1. The fourth-order valence-corrected chi connectivity index (χ4v) is 1.49. The summed E-state index contributed by atoms with van der Waals surface area (Å²) in [6.45, 7) is 1.77. The molecule has 0 saturated heterocycles. The molecule has 0 aliphatic heterocycles. The molecule has 1 amide bonds. The average molecular weight is 200 g/mol. The fourth-order valence-electron chi connectivity index (χ4n) is 1.49. The van der Waals surface area contributed by atoms with Gasteiger partial charge < -0.3 is 16.2 Å². The Hall–Kier alpha value is -1.10. The van der Waals surface area contributed by atoms with Crippen molar-refractivity contribution in [3.63, 3.8) is 0 Å². The highest BCUT2D eigenvalue weighted by Gasteiger charge is 2.44. The Kier molecular flexibility index (Phi) is 3.10. The van der Waals surface area contributed by atoms with E-state index in [0.717, 1.165) is 6.42 Å². The molecule has 0 unspecified atom stereocenters. The number of nitrogens with two attached hydrogens (primary N) is 1. The Morgan fingerprint density at radius 2 is 2.14 bits per heavy atom. The van der Waals surface area contributed by atoms with Gasteiger partial charge in [-0.3, -0.25) is 9.59 Å². The van der Waals surface area contributed by atoms with E-state index in [1.54, 1.807) is 6.92 Å². The molecule has 1 rings (SSSR count). The molecule has 0 aromatic carbocycles. The summed E-state index contributed by atoms with van der Waals surface area (Å²) in [5.41, 5.74) is 4.61. The van der Waals surface area contributed by atoms with E-state index in [2.05, 4.69) is 5.32 Å². The lowest BCUT2D eigenvalue weighted by molar-refractivity contribution is -0.154. The van der Waals surface area contributed by atoms with Crippen molar-refractivity contribution < 1.29 is 14.7 Å². The van der Waals surface area contributed by atoms with Crippen LogP contribution in [0.15, 0.2) is 0 Å². The van der Waals surface area contributed by atoms with Crippen LogP contribution in [0, 0.1) is 5.41 Å². The van der Waals surface area contributed by atoms with Crippen LogP contribution in [0.3, 0.4) is 0 Å². The Bertz CT molecular complexity index is 246. The molecule has 1 aliphatic carbocycles. The van der Waals surface area contributed by atoms with Gasteiger partial charge in [-0.05, 0) is 19.8 Å². The van der Waals surface area contributed by atoms with Crippen molar-refractivity contribution in [1.82, 2.24) is 5.32 Å². The summed E-state index contributed by atoms with van der Waals surface area (Å²) >= 11 is 0. The van der Waals surface area contributed by atoms with E-state index in [0.29, 0.717) is 12.8 Å². The topological polar surface area (TPSA) is 92.4 Å². The summed E-state index contributed by atoms with van der Waals surface area (Å²) in [6, 6.07) is -0.582. The predicted molar refractivity (Wildman–Crippen MR) is 50.6 cm³/mol. The standard InChI is InChI=1S/C9H16N2O3/c1-6(10)7(12)11-5-9(8(13)14)3-2-4-9/h6H,2-5,10H2,1H3,(H,11,12)(H,13,14)/t6-/m1/s1. The molecular formula is C9H16N2O3. The first-order valence-electron chi connectivity index (χ1n) is 4.75. The van der Waals surface area contributed by atoms with Gasteiger partial charge in [0.15, 0.2) is 0 Å². The third-order valence-corrected chi connectivity index (χ3v) is 2.78. The lowest BCUT2D eigenvalue weighted by Gasteiger charge is -2.37. The summed E-state index contributed by atoms with van der Waals surface area (Å²) in [5, 5.41) is 11.5. The highest BCUT2D eigenvalue weighted by molar-refractivity contribution is 5.82. The minimum absolute atomic E-state index is 0.197. The second-order valence-electron chi connectivity index (χ2n) is 3.95. The number of amides is 1. The average Bonchev–Trinajstić information content (AvgIpc) is 2.00. The number of hydrogen-bond donors (Lipinski definition) is 3. The normalized spacial score (nSPS) is 20.7. The van der Waals surface area contributed by atoms with Gasteiger partial charge in [-0.2, -0.15) is 0 Å². The summed E-state index contributed by atoms with van der Waals surface area (Å²) in [6.07, 6.45) is 2.20. The molecule has 0 radical (unpaired) electrons. The quantitative estimate of drug-likeness (QED) is 0.581. The van der Waals surface area contributed by atoms with Gasteiger partial charge in [0.2, 0.25) is 5.91 Å². The fraction of sp³-hybridized carbons (Fsp3) is 0.778. The smallest absolute Gasteiger partial charge is 0.311 e. The molecule has 14 heavy (non-hydrogen) atoms. The zero-order chi connectivity index (χ0) is 10.8. The SMILES string of the molecule is C[C@@H](N)C(=O)NCC1(C(=O)O)CCC1. The molecule has 0 aromatic rings. The molecule has 0 heterocycles. The highest BCUT2D eigenvalue weighted by atomic mass is 16.4. The van der Waals surface area contributed by atoms with E-state index in [4.69, 9.17) is 10.8 Å². The Balaban J connectivity index is 2.43. The highest BCUT2D eigenvalue weighted by Crippen LogP contribution is 2.40. The van der Waals surface area contributed by atoms with Crippen LogP contribution in [-0.4, -0.2) is 29.6 Å². The minimum atomic E-state index is -0.825. The number of carbonyl (C=O) groups excluding carboxylic acids is 1. The second kappa shape index (κ2) is 3.96. The Morgan fingerprint density at radius 1 is 1.57 bits per heavy atom. The first-order valence-corrected chi connectivity index (χ1v) is 4.75. The molecule has 0 aromatic heterocycles. The van der Waals surface area contributed by atoms with Crippen molar-refractivity contribution >= 4 is 11.9 Å². The molecule has 1 saturated carbocycles. The monoisotopic (exact) mass is 200 g/mol. The summed E-state index contributed by atoms with van der Waals surface area (Å²) in [5.74, 6) is -1.12. The summed E-state index contributed by atoms with van der Waals surface area (Å²) in [7, 11) is 0. The van der Waals surface area contributed by atoms with Crippen molar-refractivity contribution in [2.24, 2.45) is 11.1 Å². The number of hydrogen-bond acceptors (Lipinski definition) is 3. The van der Waals surface area contributed by atoms with Gasteiger partial charge in [-0.25, -0.2) is 0 Å². The zero-order valence-electron chi connectivity index (χ0n) is 8.25. The van der Waals surface area contributed by atoms with Crippen LogP contribution in [0.1, 0.15) is 26.2 Å². The third kappa shape index (κ3) is 2.04. The number of rotatable bonds is 4. The first kappa shape index (κ1) is 11.0. The number of aliphatic carboxylic acids is 1. The van der Waals surface area contributed by atoms with Crippen LogP contribution in [0.25, 0.3) is 0 Å². The molecule has 1 aliphatic rings. The van der Waals surface area contributed by atoms with Crippen LogP contribution >= 0.6 is 0 Å². The maximum atomic E-state index is 11.1. The van der Waals surface area contributed by atoms with Gasteiger partial charge in [0.25, 0.3) is 0 Å². The van der Waals surface area contributed by atoms with E-state index in [1.165, 1.54) is 0 Å². The molecular weight excluding hydrogens is 184 g/mol. The van der Waals surface area contributed by atoms with E-state index in [1.807, 2.05) is 0 Å². The minimum Gasteiger partial charge on any atom is -0.481 e. The van der Waals surface area contributed by atoms with E-state index in [-0.39, 0.29) is 12.5 Å². The van der Waals surface area contributed by atoms with E-state index < -0.39 is 17.4 Å². The third-order valence-electron chi connectivity index (χ3n) is 2.78. The molecule has 80 valence electrons. The van der Waals surface area contributed by atoms with Crippen LogP contribution in [0.5, 0.6) is 0 Å². The maximum absolute atomic E-state index is 11.1. The lowest BCUT2D eigenvalue weighted by Crippen LogP contribution is -2.50. The number of carboxylic acid groups (broad SMARTS) is 1. The van der Waals surface area contributed by atoms with Gasteiger partial charge >= 0.3 is 5.97 Å². The number of carboxylic acids is 1. The van der Waals surface area contributed by atoms with Crippen molar-refractivity contribution in [1.29, 1.82) is 0 Å². The summed E-state index contributed by atoms with van der Waals surface area (Å²) < 4.78 is 0. The molecule has 1 atom stereocenters. The van der Waals surface area contributed by atoms with Gasteiger partial charge in [0.05, 0.1) is 11.5 Å². The first-order chi connectivity index (χ1) is 6.48. The zero-order valence-corrected chi connectivity index (χ0v) is 8.25. The molecule has 4 N–H and O–H groups in total. The van der Waals surface area contributed by atoms with Crippen molar-refractivity contribution in [2.45, 2.75) is 32.2 Å². The summed E-state index contributed by atoms with van der Waals surface area (Å²) in [4.78, 5) is 22.0. The van der Waals surface area contributed by atoms with Gasteiger partial charge in [-0.15, -0.1) is 0 Å². The van der Waals surface area contributed by atoms with Gasteiger partial charge in [0.1, 0.15) is 0 Å². The molecule has 0 spiro atoms. The van der Waals surface area contributed by atoms with Crippen molar-refractivity contribution in [2.75, 3.05) is 6.54 Å². The van der Waals surface area contributed by atoms with Crippen LogP contribution in [0.2, 0.25) is 0 Å². The van der Waals surface area contributed by atoms with Crippen molar-refractivity contribution in [3.05, 3.63) is 0 Å².